The molecule has 2 rings (SSSR count). The molecule has 1 saturated heterocycles. The third kappa shape index (κ3) is 3.69. The molecule has 1 heterocycles. The van der Waals surface area contributed by atoms with Crippen molar-refractivity contribution in [2.75, 3.05) is 26.7 Å². The van der Waals surface area contributed by atoms with Gasteiger partial charge >= 0.3 is 0 Å². The van der Waals surface area contributed by atoms with Gasteiger partial charge in [-0.05, 0) is 32.2 Å². The molecule has 1 amide bonds. The van der Waals surface area contributed by atoms with Crippen molar-refractivity contribution in [1.29, 1.82) is 0 Å². The first-order chi connectivity index (χ1) is 8.66. The highest BCUT2D eigenvalue weighted by Crippen LogP contribution is 2.21. The molecule has 1 saturated carbocycles. The average Bonchev–Trinajstić information content (AvgIpc) is 2.39. The quantitative estimate of drug-likeness (QED) is 0.822. The third-order valence-corrected chi connectivity index (χ3v) is 4.42. The second-order valence-electron chi connectivity index (χ2n) is 5.93. The molecule has 1 atom stereocenters. The molecule has 1 aliphatic heterocycles. The maximum Gasteiger partial charge on any atom is 0.236 e. The zero-order valence-electron chi connectivity index (χ0n) is 11.6. The number of likely N-dealkylation sites (N-methyl/N-ethyl adjacent to an activating group) is 1. The van der Waals surface area contributed by atoms with E-state index >= 15 is 0 Å². The predicted octanol–water partition coefficient (Wildman–Crippen LogP) is 1.20. The van der Waals surface area contributed by atoms with Gasteiger partial charge in [-0.3, -0.25) is 9.69 Å². The van der Waals surface area contributed by atoms with Gasteiger partial charge in [-0.15, -0.1) is 0 Å². The van der Waals surface area contributed by atoms with Crippen LogP contribution in [0.3, 0.4) is 0 Å². The second-order valence-corrected chi connectivity index (χ2v) is 5.93. The SMILES string of the molecule is CN(C(=O)CN1CCC[C@@H](N)C1)C1CCCCC1. The largest absolute Gasteiger partial charge is 0.342 e. The number of carbonyl (C=O) groups is 1. The van der Waals surface area contributed by atoms with E-state index in [1.807, 2.05) is 11.9 Å². The van der Waals surface area contributed by atoms with Crippen molar-refractivity contribution in [3.63, 3.8) is 0 Å². The Balaban J connectivity index is 1.79. The van der Waals surface area contributed by atoms with Crippen molar-refractivity contribution in [2.45, 2.75) is 57.0 Å². The minimum Gasteiger partial charge on any atom is -0.342 e. The molecule has 4 nitrogen and oxygen atoms in total. The van der Waals surface area contributed by atoms with Crippen LogP contribution in [0.5, 0.6) is 0 Å². The monoisotopic (exact) mass is 253 g/mol. The molecule has 18 heavy (non-hydrogen) atoms. The van der Waals surface area contributed by atoms with Gasteiger partial charge in [0.25, 0.3) is 0 Å². The summed E-state index contributed by atoms with van der Waals surface area (Å²) in [5.41, 5.74) is 5.95. The van der Waals surface area contributed by atoms with Gasteiger partial charge in [-0.1, -0.05) is 19.3 Å². The van der Waals surface area contributed by atoms with Crippen molar-refractivity contribution < 1.29 is 4.79 Å². The van der Waals surface area contributed by atoms with Gasteiger partial charge in [0, 0.05) is 25.7 Å². The van der Waals surface area contributed by atoms with Crippen LogP contribution in [-0.4, -0.2) is 54.5 Å². The molecule has 0 spiro atoms. The number of piperidine rings is 1. The van der Waals surface area contributed by atoms with Crippen LogP contribution < -0.4 is 5.73 Å². The molecule has 2 fully saturated rings. The zero-order chi connectivity index (χ0) is 13.0. The van der Waals surface area contributed by atoms with E-state index in [4.69, 9.17) is 5.73 Å². The Bertz CT molecular complexity index is 276. The van der Waals surface area contributed by atoms with Crippen LogP contribution in [0, 0.1) is 0 Å². The van der Waals surface area contributed by atoms with Crippen LogP contribution in [-0.2, 0) is 4.79 Å². The summed E-state index contributed by atoms with van der Waals surface area (Å²) >= 11 is 0. The lowest BCUT2D eigenvalue weighted by Gasteiger charge is -2.35. The van der Waals surface area contributed by atoms with E-state index in [1.54, 1.807) is 0 Å². The standard InChI is InChI=1S/C14H27N3O/c1-16(13-7-3-2-4-8-13)14(18)11-17-9-5-6-12(15)10-17/h12-13H,2-11,15H2,1H3/t12-/m1/s1. The first kappa shape index (κ1) is 13.8. The van der Waals surface area contributed by atoms with Crippen LogP contribution in [0.2, 0.25) is 0 Å². The molecule has 0 aromatic rings. The number of likely N-dealkylation sites (tertiary alicyclic amines) is 1. The first-order valence-corrected chi connectivity index (χ1v) is 7.40. The maximum absolute atomic E-state index is 12.3. The molecule has 0 bridgehead atoms. The molecular weight excluding hydrogens is 226 g/mol. The Hall–Kier alpha value is -0.610. The number of rotatable bonds is 3. The Morgan fingerprint density at radius 1 is 1.22 bits per heavy atom. The number of nitrogens with two attached hydrogens (primary N) is 1. The highest BCUT2D eigenvalue weighted by atomic mass is 16.2. The van der Waals surface area contributed by atoms with Gasteiger partial charge in [0.15, 0.2) is 0 Å². The smallest absolute Gasteiger partial charge is 0.236 e. The minimum atomic E-state index is 0.256. The van der Waals surface area contributed by atoms with Gasteiger partial charge < -0.3 is 10.6 Å². The van der Waals surface area contributed by atoms with Crippen molar-refractivity contribution >= 4 is 5.91 Å². The summed E-state index contributed by atoms with van der Waals surface area (Å²) in [5, 5.41) is 0. The summed E-state index contributed by atoms with van der Waals surface area (Å²) < 4.78 is 0. The van der Waals surface area contributed by atoms with Crippen LogP contribution in [0.1, 0.15) is 44.9 Å². The van der Waals surface area contributed by atoms with Crippen molar-refractivity contribution in [3.8, 4) is 0 Å². The predicted molar refractivity (Wildman–Crippen MR) is 73.3 cm³/mol. The number of nitrogens with zero attached hydrogens (tertiary/aromatic N) is 2. The van der Waals surface area contributed by atoms with Crippen LogP contribution in [0.25, 0.3) is 0 Å². The molecule has 0 aromatic carbocycles. The topological polar surface area (TPSA) is 49.6 Å². The van der Waals surface area contributed by atoms with E-state index in [2.05, 4.69) is 4.90 Å². The number of carbonyl (C=O) groups excluding carboxylic acids is 1. The zero-order valence-corrected chi connectivity index (χ0v) is 11.6. The fourth-order valence-electron chi connectivity index (χ4n) is 3.21. The Morgan fingerprint density at radius 3 is 2.61 bits per heavy atom. The fraction of sp³-hybridized carbons (Fsp3) is 0.929. The lowest BCUT2D eigenvalue weighted by atomic mass is 9.94. The molecule has 0 unspecified atom stereocenters. The number of amides is 1. The van der Waals surface area contributed by atoms with Crippen molar-refractivity contribution in [2.24, 2.45) is 5.73 Å². The summed E-state index contributed by atoms with van der Waals surface area (Å²) in [6.45, 7) is 2.46. The van der Waals surface area contributed by atoms with Crippen molar-refractivity contribution in [1.82, 2.24) is 9.80 Å². The first-order valence-electron chi connectivity index (χ1n) is 7.40. The third-order valence-electron chi connectivity index (χ3n) is 4.42. The van der Waals surface area contributed by atoms with Gasteiger partial charge in [-0.2, -0.15) is 0 Å². The van der Waals surface area contributed by atoms with E-state index < -0.39 is 0 Å². The maximum atomic E-state index is 12.3. The van der Waals surface area contributed by atoms with Crippen LogP contribution in [0.4, 0.5) is 0 Å². The van der Waals surface area contributed by atoms with Gasteiger partial charge in [-0.25, -0.2) is 0 Å². The summed E-state index contributed by atoms with van der Waals surface area (Å²) in [6.07, 6.45) is 8.47. The molecule has 104 valence electrons. The highest BCUT2D eigenvalue weighted by Gasteiger charge is 2.25. The molecule has 2 aliphatic rings. The molecule has 1 aliphatic carbocycles. The van der Waals surface area contributed by atoms with Crippen LogP contribution >= 0.6 is 0 Å². The average molecular weight is 253 g/mol. The molecule has 0 aromatic heterocycles. The Kier molecular flexibility index (Phi) is 5.01. The summed E-state index contributed by atoms with van der Waals surface area (Å²) in [5.74, 6) is 0.274. The van der Waals surface area contributed by atoms with Crippen LogP contribution in [0.15, 0.2) is 0 Å². The lowest BCUT2D eigenvalue weighted by molar-refractivity contribution is -0.134. The van der Waals surface area contributed by atoms with E-state index in [0.717, 1.165) is 25.9 Å². The van der Waals surface area contributed by atoms with Gasteiger partial charge in [0.2, 0.25) is 5.91 Å². The lowest BCUT2D eigenvalue weighted by Crippen LogP contribution is -2.49. The normalized spacial score (nSPS) is 27.1. The molecular formula is C14H27N3O. The van der Waals surface area contributed by atoms with Crippen molar-refractivity contribution in [3.05, 3.63) is 0 Å². The summed E-state index contributed by atoms with van der Waals surface area (Å²) in [6, 6.07) is 0.733. The summed E-state index contributed by atoms with van der Waals surface area (Å²) in [4.78, 5) is 16.5. The summed E-state index contributed by atoms with van der Waals surface area (Å²) in [7, 11) is 1.97. The van der Waals surface area contributed by atoms with E-state index in [9.17, 15) is 4.79 Å². The highest BCUT2D eigenvalue weighted by molar-refractivity contribution is 5.78. The minimum absolute atomic E-state index is 0.256. The van der Waals surface area contributed by atoms with E-state index in [0.29, 0.717) is 12.6 Å². The molecule has 0 radical (unpaired) electrons. The van der Waals surface area contributed by atoms with E-state index in [1.165, 1.54) is 32.1 Å². The fourth-order valence-corrected chi connectivity index (χ4v) is 3.21. The molecule has 4 heteroatoms. The second kappa shape index (κ2) is 6.53. The Labute approximate surface area is 110 Å². The van der Waals surface area contributed by atoms with E-state index in [-0.39, 0.29) is 11.9 Å². The molecule has 2 N–H and O–H groups in total. The number of hydrogen-bond acceptors (Lipinski definition) is 3. The van der Waals surface area contributed by atoms with Gasteiger partial charge in [0.05, 0.1) is 6.54 Å². The Morgan fingerprint density at radius 2 is 1.94 bits per heavy atom. The van der Waals surface area contributed by atoms with Gasteiger partial charge in [0.1, 0.15) is 0 Å². The number of hydrogen-bond donors (Lipinski definition) is 1.